The molecule has 1 saturated carbocycles. The van der Waals surface area contributed by atoms with E-state index in [0.29, 0.717) is 12.0 Å². The zero-order chi connectivity index (χ0) is 12.0. The lowest BCUT2D eigenvalue weighted by atomic mass is 9.83. The second kappa shape index (κ2) is 7.29. The summed E-state index contributed by atoms with van der Waals surface area (Å²) in [5, 5.41) is 13.5. The van der Waals surface area contributed by atoms with Crippen LogP contribution >= 0.6 is 0 Å². The van der Waals surface area contributed by atoms with E-state index in [1.54, 1.807) is 0 Å². The van der Waals surface area contributed by atoms with E-state index in [-0.39, 0.29) is 6.10 Å². The molecule has 0 amide bonds. The molecule has 16 heavy (non-hydrogen) atoms. The number of aliphatic hydroxyl groups is 1. The first-order valence-electron chi connectivity index (χ1n) is 6.98. The van der Waals surface area contributed by atoms with Gasteiger partial charge in [-0.3, -0.25) is 0 Å². The molecule has 0 aromatic heterocycles. The van der Waals surface area contributed by atoms with E-state index < -0.39 is 0 Å². The van der Waals surface area contributed by atoms with Crippen LogP contribution in [-0.2, 0) is 0 Å². The third-order valence-electron chi connectivity index (χ3n) is 3.86. The summed E-state index contributed by atoms with van der Waals surface area (Å²) in [5.74, 6) is 1.42. The second-order valence-corrected chi connectivity index (χ2v) is 5.83. The van der Waals surface area contributed by atoms with Crippen molar-refractivity contribution in [2.75, 3.05) is 7.05 Å². The molecule has 0 spiro atoms. The first-order chi connectivity index (χ1) is 7.63. The highest BCUT2D eigenvalue weighted by atomic mass is 16.3. The molecule has 0 aromatic carbocycles. The summed E-state index contributed by atoms with van der Waals surface area (Å²) in [4.78, 5) is 0. The molecule has 0 radical (unpaired) electrons. The average Bonchev–Trinajstić information content (AvgIpc) is 2.26. The molecule has 1 rings (SSSR count). The number of likely N-dealkylation sites (N-methyl/N-ethyl adjacent to an activating group) is 1. The Labute approximate surface area is 101 Å². The minimum Gasteiger partial charge on any atom is -0.391 e. The summed E-state index contributed by atoms with van der Waals surface area (Å²) in [6.07, 6.45) is 8.83. The van der Waals surface area contributed by atoms with Gasteiger partial charge in [0.15, 0.2) is 0 Å². The Balaban J connectivity index is 2.34. The van der Waals surface area contributed by atoms with Gasteiger partial charge in [0.2, 0.25) is 0 Å². The summed E-state index contributed by atoms with van der Waals surface area (Å²) < 4.78 is 0. The van der Waals surface area contributed by atoms with Crippen molar-refractivity contribution in [2.24, 2.45) is 11.8 Å². The molecule has 0 bridgehead atoms. The molecule has 0 aromatic rings. The van der Waals surface area contributed by atoms with Crippen molar-refractivity contribution in [3.05, 3.63) is 0 Å². The number of nitrogens with one attached hydrogen (secondary N) is 1. The molecule has 1 aliphatic rings. The predicted molar refractivity (Wildman–Crippen MR) is 69.5 cm³/mol. The van der Waals surface area contributed by atoms with E-state index in [1.165, 1.54) is 32.1 Å². The number of hydrogen-bond donors (Lipinski definition) is 2. The summed E-state index contributed by atoms with van der Waals surface area (Å²) in [5.41, 5.74) is 0. The van der Waals surface area contributed by atoms with Crippen molar-refractivity contribution >= 4 is 0 Å². The summed E-state index contributed by atoms with van der Waals surface area (Å²) in [6, 6.07) is 0.297. The predicted octanol–water partition coefficient (Wildman–Crippen LogP) is 2.95. The van der Waals surface area contributed by atoms with Crippen LogP contribution in [0.4, 0.5) is 0 Å². The lowest BCUT2D eigenvalue weighted by Crippen LogP contribution is -2.40. The Morgan fingerprint density at radius 2 is 1.81 bits per heavy atom. The largest absolute Gasteiger partial charge is 0.391 e. The SMILES string of the molecule is CNC(CC1CCCCC1)C(O)CC(C)C. The van der Waals surface area contributed by atoms with Crippen LogP contribution < -0.4 is 5.32 Å². The van der Waals surface area contributed by atoms with Gasteiger partial charge in [-0.15, -0.1) is 0 Å². The molecule has 0 aliphatic heterocycles. The highest BCUT2D eigenvalue weighted by Crippen LogP contribution is 2.28. The van der Waals surface area contributed by atoms with E-state index in [1.807, 2.05) is 7.05 Å². The molecule has 0 heterocycles. The fourth-order valence-corrected chi connectivity index (χ4v) is 2.90. The third kappa shape index (κ3) is 4.84. The molecule has 1 aliphatic carbocycles. The quantitative estimate of drug-likeness (QED) is 0.731. The van der Waals surface area contributed by atoms with Crippen LogP contribution in [0.15, 0.2) is 0 Å². The normalized spacial score (nSPS) is 22.3. The highest BCUT2D eigenvalue weighted by molar-refractivity contribution is 4.80. The Bertz CT molecular complexity index is 176. The maximum atomic E-state index is 10.1. The van der Waals surface area contributed by atoms with E-state index in [9.17, 15) is 5.11 Å². The van der Waals surface area contributed by atoms with Crippen molar-refractivity contribution in [3.8, 4) is 0 Å². The summed E-state index contributed by atoms with van der Waals surface area (Å²) >= 11 is 0. The van der Waals surface area contributed by atoms with Crippen LogP contribution in [0.3, 0.4) is 0 Å². The molecule has 96 valence electrons. The van der Waals surface area contributed by atoms with E-state index in [0.717, 1.165) is 18.8 Å². The monoisotopic (exact) mass is 227 g/mol. The first-order valence-corrected chi connectivity index (χ1v) is 6.98. The number of hydrogen-bond acceptors (Lipinski definition) is 2. The van der Waals surface area contributed by atoms with Crippen molar-refractivity contribution in [1.82, 2.24) is 5.32 Å². The van der Waals surface area contributed by atoms with Crippen LogP contribution in [0.2, 0.25) is 0 Å². The maximum absolute atomic E-state index is 10.1. The fourth-order valence-electron chi connectivity index (χ4n) is 2.90. The molecule has 0 saturated heterocycles. The van der Waals surface area contributed by atoms with Gasteiger partial charge < -0.3 is 10.4 Å². The van der Waals surface area contributed by atoms with Crippen LogP contribution in [0.25, 0.3) is 0 Å². The van der Waals surface area contributed by atoms with Gasteiger partial charge >= 0.3 is 0 Å². The number of rotatable bonds is 6. The minimum absolute atomic E-state index is 0.174. The van der Waals surface area contributed by atoms with Gasteiger partial charge in [-0.05, 0) is 31.7 Å². The molecule has 1 fully saturated rings. The smallest absolute Gasteiger partial charge is 0.0695 e. The summed E-state index contributed by atoms with van der Waals surface area (Å²) in [6.45, 7) is 4.35. The minimum atomic E-state index is -0.174. The van der Waals surface area contributed by atoms with Gasteiger partial charge in [0.05, 0.1) is 6.10 Å². The third-order valence-corrected chi connectivity index (χ3v) is 3.86. The lowest BCUT2D eigenvalue weighted by molar-refractivity contribution is 0.0926. The van der Waals surface area contributed by atoms with Gasteiger partial charge in [-0.25, -0.2) is 0 Å². The van der Waals surface area contributed by atoms with Gasteiger partial charge in [0, 0.05) is 6.04 Å². The first kappa shape index (κ1) is 14.0. The number of aliphatic hydroxyl groups excluding tert-OH is 1. The Morgan fingerprint density at radius 1 is 1.19 bits per heavy atom. The molecule has 2 nitrogen and oxygen atoms in total. The summed E-state index contributed by atoms with van der Waals surface area (Å²) in [7, 11) is 1.98. The topological polar surface area (TPSA) is 32.3 Å². The molecule has 2 N–H and O–H groups in total. The van der Waals surface area contributed by atoms with Crippen LogP contribution in [0.5, 0.6) is 0 Å². The van der Waals surface area contributed by atoms with Crippen molar-refractivity contribution < 1.29 is 5.11 Å². The Morgan fingerprint density at radius 3 is 2.31 bits per heavy atom. The standard InChI is InChI=1S/C14H29NO/c1-11(2)9-14(16)13(15-3)10-12-7-5-4-6-8-12/h11-16H,4-10H2,1-3H3. The molecular formula is C14H29NO. The van der Waals surface area contributed by atoms with E-state index >= 15 is 0 Å². The molecule has 2 heteroatoms. The van der Waals surface area contributed by atoms with Crippen molar-refractivity contribution in [3.63, 3.8) is 0 Å². The van der Waals surface area contributed by atoms with Crippen LogP contribution in [-0.4, -0.2) is 24.3 Å². The molecular weight excluding hydrogens is 198 g/mol. The van der Waals surface area contributed by atoms with Crippen molar-refractivity contribution in [1.29, 1.82) is 0 Å². The van der Waals surface area contributed by atoms with E-state index in [4.69, 9.17) is 0 Å². The van der Waals surface area contributed by atoms with Crippen LogP contribution in [0.1, 0.15) is 58.8 Å². The van der Waals surface area contributed by atoms with E-state index in [2.05, 4.69) is 19.2 Å². The highest BCUT2D eigenvalue weighted by Gasteiger charge is 2.23. The Hall–Kier alpha value is -0.0800. The molecule has 2 unspecified atom stereocenters. The van der Waals surface area contributed by atoms with Gasteiger partial charge in [0.25, 0.3) is 0 Å². The fraction of sp³-hybridized carbons (Fsp3) is 1.00. The lowest BCUT2D eigenvalue weighted by Gasteiger charge is -2.30. The zero-order valence-electron chi connectivity index (χ0n) is 11.2. The Kier molecular flexibility index (Phi) is 6.37. The molecule has 2 atom stereocenters. The van der Waals surface area contributed by atoms with Crippen molar-refractivity contribution in [2.45, 2.75) is 70.9 Å². The zero-order valence-corrected chi connectivity index (χ0v) is 11.2. The average molecular weight is 227 g/mol. The maximum Gasteiger partial charge on any atom is 0.0695 e. The van der Waals surface area contributed by atoms with Gasteiger partial charge in [-0.2, -0.15) is 0 Å². The van der Waals surface area contributed by atoms with Crippen LogP contribution in [0, 0.1) is 11.8 Å². The second-order valence-electron chi connectivity index (χ2n) is 5.83. The van der Waals surface area contributed by atoms with Gasteiger partial charge in [0.1, 0.15) is 0 Å². The van der Waals surface area contributed by atoms with Gasteiger partial charge in [-0.1, -0.05) is 46.0 Å².